The summed E-state index contributed by atoms with van der Waals surface area (Å²) in [5.41, 5.74) is 1.92. The predicted octanol–water partition coefficient (Wildman–Crippen LogP) is 3.32. The number of nitrogens with zero attached hydrogens (tertiary/aromatic N) is 3. The van der Waals surface area contributed by atoms with Crippen LogP contribution in [0.1, 0.15) is 17.0 Å². The molecule has 1 saturated heterocycles. The van der Waals surface area contributed by atoms with Gasteiger partial charge in [-0.25, -0.2) is 0 Å². The maximum Gasteiger partial charge on any atom is 0.231 e. The third-order valence-electron chi connectivity index (χ3n) is 5.04. The first-order valence-corrected chi connectivity index (χ1v) is 10.6. The summed E-state index contributed by atoms with van der Waals surface area (Å²) in [6, 6.07) is 17.5. The first kappa shape index (κ1) is 20.0. The van der Waals surface area contributed by atoms with Gasteiger partial charge >= 0.3 is 0 Å². The lowest BCUT2D eigenvalue weighted by atomic mass is 10.1. The van der Waals surface area contributed by atoms with Gasteiger partial charge in [-0.15, -0.1) is 10.2 Å². The number of anilines is 2. The van der Waals surface area contributed by atoms with E-state index in [-0.39, 0.29) is 18.2 Å². The molecule has 0 spiro atoms. The molecule has 1 aromatic heterocycles. The fourth-order valence-electron chi connectivity index (χ4n) is 3.48. The van der Waals surface area contributed by atoms with Gasteiger partial charge < -0.3 is 15.0 Å². The van der Waals surface area contributed by atoms with Crippen LogP contribution in [0.3, 0.4) is 0 Å². The molecule has 0 radical (unpaired) electrons. The van der Waals surface area contributed by atoms with Crippen LogP contribution in [0.15, 0.2) is 54.6 Å². The molecule has 0 bridgehead atoms. The van der Waals surface area contributed by atoms with E-state index in [1.807, 2.05) is 36.4 Å². The average Bonchev–Trinajstić information content (AvgIpc) is 3.39. The highest BCUT2D eigenvalue weighted by Crippen LogP contribution is 2.33. The van der Waals surface area contributed by atoms with Gasteiger partial charge in [-0.1, -0.05) is 53.8 Å². The molecule has 0 unspecified atom stereocenters. The first-order valence-electron chi connectivity index (χ1n) is 9.74. The fraction of sp³-hybridized carbons (Fsp3) is 0.273. The number of carbonyl (C=O) groups excluding carboxylic acids is 2. The first-order chi connectivity index (χ1) is 14.6. The monoisotopic (exact) mass is 422 g/mol. The number of nitrogens with one attached hydrogen (secondary N) is 1. The number of carbonyl (C=O) groups is 2. The number of rotatable bonds is 7. The Morgan fingerprint density at radius 2 is 1.90 bits per heavy atom. The van der Waals surface area contributed by atoms with Gasteiger partial charge in [0.1, 0.15) is 10.8 Å². The highest BCUT2D eigenvalue weighted by molar-refractivity contribution is 7.15. The maximum atomic E-state index is 12.7. The van der Waals surface area contributed by atoms with Crippen molar-refractivity contribution in [3.63, 3.8) is 0 Å². The number of hydrogen-bond donors (Lipinski definition) is 1. The van der Waals surface area contributed by atoms with E-state index in [0.717, 1.165) is 17.8 Å². The van der Waals surface area contributed by atoms with Crippen LogP contribution in [0, 0.1) is 5.92 Å². The van der Waals surface area contributed by atoms with Gasteiger partial charge in [-0.05, 0) is 24.1 Å². The zero-order valence-electron chi connectivity index (χ0n) is 16.6. The number of amides is 2. The molecule has 154 valence electrons. The molecule has 2 aromatic carbocycles. The molecule has 1 aliphatic heterocycles. The van der Waals surface area contributed by atoms with Crippen molar-refractivity contribution in [3.8, 4) is 5.75 Å². The number of hydrogen-bond acceptors (Lipinski definition) is 6. The minimum Gasteiger partial charge on any atom is -0.495 e. The maximum absolute atomic E-state index is 12.7. The zero-order valence-corrected chi connectivity index (χ0v) is 17.4. The van der Waals surface area contributed by atoms with E-state index in [1.165, 1.54) is 16.9 Å². The van der Waals surface area contributed by atoms with E-state index < -0.39 is 5.92 Å². The Balaban J connectivity index is 1.35. The fourth-order valence-corrected chi connectivity index (χ4v) is 4.22. The van der Waals surface area contributed by atoms with Gasteiger partial charge in [0, 0.05) is 19.4 Å². The number of benzene rings is 2. The standard InChI is InChI=1S/C22H22N4O3S/c1-29-18-10-6-5-9-17(18)26-14-16(13-20(26)27)21(28)23-22-25-24-19(30-22)12-11-15-7-3-2-4-8-15/h2-10,16H,11-14H2,1H3,(H,23,25,28)/t16-/m0/s1. The number of aromatic nitrogens is 2. The van der Waals surface area contributed by atoms with Crippen molar-refractivity contribution in [1.82, 2.24) is 10.2 Å². The molecule has 7 nitrogen and oxygen atoms in total. The Bertz CT molecular complexity index is 1040. The van der Waals surface area contributed by atoms with Crippen LogP contribution in [0.5, 0.6) is 5.75 Å². The van der Waals surface area contributed by atoms with Crippen LogP contribution >= 0.6 is 11.3 Å². The van der Waals surface area contributed by atoms with E-state index in [0.29, 0.717) is 23.1 Å². The molecule has 2 amide bonds. The molecule has 3 aromatic rings. The quantitative estimate of drug-likeness (QED) is 0.631. The van der Waals surface area contributed by atoms with E-state index >= 15 is 0 Å². The average molecular weight is 423 g/mol. The largest absolute Gasteiger partial charge is 0.495 e. The molecule has 1 atom stereocenters. The minimum atomic E-state index is -0.445. The Labute approximate surface area is 178 Å². The van der Waals surface area contributed by atoms with Crippen LogP contribution in [0.2, 0.25) is 0 Å². The van der Waals surface area contributed by atoms with E-state index in [2.05, 4.69) is 27.6 Å². The summed E-state index contributed by atoms with van der Waals surface area (Å²) in [4.78, 5) is 26.8. The Morgan fingerprint density at radius 3 is 2.70 bits per heavy atom. The number of ether oxygens (including phenoxy) is 1. The van der Waals surface area contributed by atoms with Crippen LogP contribution in [0.25, 0.3) is 0 Å². The van der Waals surface area contributed by atoms with Crippen molar-refractivity contribution in [1.29, 1.82) is 0 Å². The highest BCUT2D eigenvalue weighted by atomic mass is 32.1. The van der Waals surface area contributed by atoms with Gasteiger partial charge in [0.05, 0.1) is 18.7 Å². The summed E-state index contributed by atoms with van der Waals surface area (Å²) in [6.07, 6.45) is 1.79. The zero-order chi connectivity index (χ0) is 20.9. The molecule has 0 aliphatic carbocycles. The van der Waals surface area contributed by atoms with Crippen LogP contribution in [-0.4, -0.2) is 35.7 Å². The molecular weight excluding hydrogens is 400 g/mol. The molecular formula is C22H22N4O3S. The van der Waals surface area contributed by atoms with Gasteiger partial charge in [0.15, 0.2) is 0 Å². The molecule has 0 saturated carbocycles. The topological polar surface area (TPSA) is 84.4 Å². The molecule has 30 heavy (non-hydrogen) atoms. The van der Waals surface area contributed by atoms with Crippen molar-refractivity contribution < 1.29 is 14.3 Å². The summed E-state index contributed by atoms with van der Waals surface area (Å²) in [7, 11) is 1.56. The molecule has 4 rings (SSSR count). The molecule has 1 N–H and O–H groups in total. The number of para-hydroxylation sites is 2. The third kappa shape index (κ3) is 4.49. The lowest BCUT2D eigenvalue weighted by molar-refractivity contribution is -0.122. The van der Waals surface area contributed by atoms with Gasteiger partial charge in [0.2, 0.25) is 16.9 Å². The van der Waals surface area contributed by atoms with Gasteiger partial charge in [-0.3, -0.25) is 9.59 Å². The van der Waals surface area contributed by atoms with Crippen molar-refractivity contribution in [2.24, 2.45) is 5.92 Å². The van der Waals surface area contributed by atoms with Crippen molar-refractivity contribution in [3.05, 3.63) is 65.2 Å². The second-order valence-corrected chi connectivity index (χ2v) is 8.12. The smallest absolute Gasteiger partial charge is 0.231 e. The summed E-state index contributed by atoms with van der Waals surface area (Å²) in [5, 5.41) is 12.4. The molecule has 1 fully saturated rings. The number of methoxy groups -OCH3 is 1. The summed E-state index contributed by atoms with van der Waals surface area (Å²) in [6.45, 7) is 0.310. The second-order valence-electron chi connectivity index (χ2n) is 7.05. The molecule has 2 heterocycles. The summed E-state index contributed by atoms with van der Waals surface area (Å²) >= 11 is 1.37. The van der Waals surface area contributed by atoms with E-state index in [1.54, 1.807) is 18.1 Å². The number of aryl methyl sites for hydroxylation is 2. The van der Waals surface area contributed by atoms with Gasteiger partial charge in [0.25, 0.3) is 0 Å². The predicted molar refractivity (Wildman–Crippen MR) is 116 cm³/mol. The van der Waals surface area contributed by atoms with Crippen LogP contribution in [-0.2, 0) is 22.4 Å². The molecule has 8 heteroatoms. The lowest BCUT2D eigenvalue weighted by Crippen LogP contribution is -2.28. The SMILES string of the molecule is COc1ccccc1N1C[C@@H](C(=O)Nc2nnc(CCc3ccccc3)s2)CC1=O. The van der Waals surface area contributed by atoms with Crippen molar-refractivity contribution in [2.75, 3.05) is 23.9 Å². The Morgan fingerprint density at radius 1 is 1.13 bits per heavy atom. The molecule has 1 aliphatic rings. The van der Waals surface area contributed by atoms with Crippen molar-refractivity contribution in [2.45, 2.75) is 19.3 Å². The van der Waals surface area contributed by atoms with Crippen molar-refractivity contribution >= 4 is 34.0 Å². The van der Waals surface area contributed by atoms with Gasteiger partial charge in [-0.2, -0.15) is 0 Å². The highest BCUT2D eigenvalue weighted by Gasteiger charge is 2.36. The second kappa shape index (κ2) is 9.04. The van der Waals surface area contributed by atoms with Crippen LogP contribution in [0.4, 0.5) is 10.8 Å². The van der Waals surface area contributed by atoms with E-state index in [9.17, 15) is 9.59 Å². The lowest BCUT2D eigenvalue weighted by Gasteiger charge is -2.19. The summed E-state index contributed by atoms with van der Waals surface area (Å²) < 4.78 is 5.34. The Hall–Kier alpha value is -3.26. The normalized spacial score (nSPS) is 16.0. The summed E-state index contributed by atoms with van der Waals surface area (Å²) in [5.74, 6) is -0.148. The van der Waals surface area contributed by atoms with Crippen LogP contribution < -0.4 is 15.0 Å². The Kier molecular flexibility index (Phi) is 6.04. The minimum absolute atomic E-state index is 0.0968. The van der Waals surface area contributed by atoms with E-state index in [4.69, 9.17) is 4.74 Å². The third-order valence-corrected chi connectivity index (χ3v) is 5.94.